The summed E-state index contributed by atoms with van der Waals surface area (Å²) in [5.41, 5.74) is -2.03. The summed E-state index contributed by atoms with van der Waals surface area (Å²) < 4.78 is 42.7. The van der Waals surface area contributed by atoms with Crippen LogP contribution in [0.15, 0.2) is 36.0 Å². The Hall–Kier alpha value is -3.52. The Kier molecular flexibility index (Phi) is 5.56. The molecule has 4 rings (SSSR count). The molecule has 1 amide bonds. The molecule has 10 nitrogen and oxygen atoms in total. The Morgan fingerprint density at radius 2 is 2.16 bits per heavy atom. The highest BCUT2D eigenvalue weighted by Gasteiger charge is 2.36. The zero-order valence-electron chi connectivity index (χ0n) is 15.7. The molecule has 0 unspecified atom stereocenters. The lowest BCUT2D eigenvalue weighted by atomic mass is 10.2. The third-order valence-electron chi connectivity index (χ3n) is 4.27. The van der Waals surface area contributed by atoms with Crippen LogP contribution in [-0.2, 0) is 12.7 Å². The molecule has 0 aliphatic carbocycles. The summed E-state index contributed by atoms with van der Waals surface area (Å²) in [4.78, 5) is 27.2. The van der Waals surface area contributed by atoms with Gasteiger partial charge in [0.05, 0.1) is 22.0 Å². The van der Waals surface area contributed by atoms with Crippen LogP contribution in [-0.4, -0.2) is 41.8 Å². The molecule has 0 saturated carbocycles. The second-order valence-corrected chi connectivity index (χ2v) is 7.70. The van der Waals surface area contributed by atoms with Gasteiger partial charge in [0.25, 0.3) is 5.91 Å². The van der Waals surface area contributed by atoms with Crippen LogP contribution in [0.5, 0.6) is 0 Å². The molecule has 0 atom stereocenters. The monoisotopic (exact) mass is 485 g/mol. The minimum atomic E-state index is -4.77. The predicted molar refractivity (Wildman–Crippen MR) is 108 cm³/mol. The number of nitro groups is 1. The molecule has 4 heterocycles. The van der Waals surface area contributed by atoms with E-state index in [1.165, 1.54) is 22.2 Å². The standard InChI is InChI=1S/C17H11ClF3N7O3S/c18-13-14(16(29)22-3-4-26-8-9(7-23-26)28(30)31)25-27-12(17(19,20)21)6-10(24-15(13)27)11-2-1-5-32-11/h1-2,5-8H,3-4H2,(H,22,29). The molecule has 15 heteroatoms. The number of rotatable bonds is 6. The van der Waals surface area contributed by atoms with Crippen molar-refractivity contribution in [3.63, 3.8) is 0 Å². The lowest BCUT2D eigenvalue weighted by molar-refractivity contribution is -0.385. The van der Waals surface area contributed by atoms with E-state index < -0.39 is 28.4 Å². The summed E-state index contributed by atoms with van der Waals surface area (Å²) in [6.45, 7) is 0.0566. The molecule has 0 bridgehead atoms. The third-order valence-corrected chi connectivity index (χ3v) is 5.51. The lowest BCUT2D eigenvalue weighted by Gasteiger charge is -2.10. The summed E-state index contributed by atoms with van der Waals surface area (Å²) in [6, 6.07) is 4.12. The van der Waals surface area contributed by atoms with Crippen LogP contribution in [0.3, 0.4) is 0 Å². The molecule has 0 saturated heterocycles. The second-order valence-electron chi connectivity index (χ2n) is 6.37. The summed E-state index contributed by atoms with van der Waals surface area (Å²) in [7, 11) is 0. The number of fused-ring (bicyclic) bond motifs is 1. The van der Waals surface area contributed by atoms with E-state index >= 15 is 0 Å². The normalized spacial score (nSPS) is 11.8. The van der Waals surface area contributed by atoms with Gasteiger partial charge < -0.3 is 5.32 Å². The van der Waals surface area contributed by atoms with Crippen LogP contribution in [0.1, 0.15) is 16.2 Å². The highest BCUT2D eigenvalue weighted by atomic mass is 35.5. The molecule has 1 N–H and O–H groups in total. The van der Waals surface area contributed by atoms with E-state index in [0.717, 1.165) is 12.3 Å². The SMILES string of the molecule is O=C(NCCn1cc([N+](=O)[O-])cn1)c1nn2c(C(F)(F)F)cc(-c3cccs3)nc2c1Cl. The molecule has 0 aromatic carbocycles. The number of nitrogens with zero attached hydrogens (tertiary/aromatic N) is 6. The first-order valence-electron chi connectivity index (χ1n) is 8.80. The molecule has 0 aliphatic rings. The summed E-state index contributed by atoms with van der Waals surface area (Å²) in [6.07, 6.45) is -2.54. The Bertz CT molecular complexity index is 1320. The Morgan fingerprint density at radius 1 is 1.38 bits per heavy atom. The highest BCUT2D eigenvalue weighted by molar-refractivity contribution is 7.13. The number of halogens is 4. The van der Waals surface area contributed by atoms with Gasteiger partial charge in [-0.3, -0.25) is 19.6 Å². The van der Waals surface area contributed by atoms with Crippen molar-refractivity contribution in [2.45, 2.75) is 12.7 Å². The number of amides is 1. The van der Waals surface area contributed by atoms with Gasteiger partial charge in [0.2, 0.25) is 0 Å². The number of carbonyl (C=O) groups is 1. The number of nitrogens with one attached hydrogen (secondary N) is 1. The average Bonchev–Trinajstić information content (AvgIpc) is 3.47. The first-order valence-corrected chi connectivity index (χ1v) is 10.1. The fourth-order valence-electron chi connectivity index (χ4n) is 2.83. The first kappa shape index (κ1) is 21.7. The van der Waals surface area contributed by atoms with Crippen molar-refractivity contribution >= 4 is 40.2 Å². The van der Waals surface area contributed by atoms with Crippen molar-refractivity contribution in [1.29, 1.82) is 0 Å². The topological polar surface area (TPSA) is 120 Å². The van der Waals surface area contributed by atoms with E-state index in [2.05, 4.69) is 20.5 Å². The minimum Gasteiger partial charge on any atom is -0.349 e. The van der Waals surface area contributed by atoms with Gasteiger partial charge in [-0.2, -0.15) is 23.4 Å². The molecule has 166 valence electrons. The van der Waals surface area contributed by atoms with Gasteiger partial charge in [-0.1, -0.05) is 17.7 Å². The number of hydrogen-bond acceptors (Lipinski definition) is 7. The van der Waals surface area contributed by atoms with Gasteiger partial charge in [0, 0.05) is 6.54 Å². The number of thiophene rings is 1. The number of alkyl halides is 3. The smallest absolute Gasteiger partial charge is 0.349 e. The van der Waals surface area contributed by atoms with Crippen LogP contribution >= 0.6 is 22.9 Å². The van der Waals surface area contributed by atoms with E-state index in [9.17, 15) is 28.1 Å². The van der Waals surface area contributed by atoms with Crippen molar-refractivity contribution in [3.05, 3.63) is 62.5 Å². The highest BCUT2D eigenvalue weighted by Crippen LogP contribution is 2.35. The van der Waals surface area contributed by atoms with Crippen LogP contribution in [0, 0.1) is 10.1 Å². The van der Waals surface area contributed by atoms with Crippen LogP contribution in [0.2, 0.25) is 5.02 Å². The Morgan fingerprint density at radius 3 is 2.78 bits per heavy atom. The Labute approximate surface area is 185 Å². The molecule has 4 aromatic heterocycles. The van der Waals surface area contributed by atoms with Gasteiger partial charge in [0.1, 0.15) is 17.4 Å². The van der Waals surface area contributed by atoms with Gasteiger partial charge in [-0.15, -0.1) is 11.3 Å². The first-order chi connectivity index (χ1) is 15.1. The molecule has 4 aromatic rings. The molecule has 0 spiro atoms. The predicted octanol–water partition coefficient (Wildman–Crippen LogP) is 3.66. The fraction of sp³-hybridized carbons (Fsp3) is 0.176. The van der Waals surface area contributed by atoms with Crippen LogP contribution < -0.4 is 5.32 Å². The largest absolute Gasteiger partial charge is 0.433 e. The summed E-state index contributed by atoms with van der Waals surface area (Å²) >= 11 is 7.38. The average molecular weight is 486 g/mol. The molecule has 0 fully saturated rings. The van der Waals surface area contributed by atoms with E-state index in [-0.39, 0.29) is 35.1 Å². The van der Waals surface area contributed by atoms with Crippen molar-refractivity contribution < 1.29 is 22.9 Å². The van der Waals surface area contributed by atoms with Crippen molar-refractivity contribution in [1.82, 2.24) is 29.7 Å². The third kappa shape index (κ3) is 4.13. The maximum Gasteiger partial charge on any atom is 0.433 e. The summed E-state index contributed by atoms with van der Waals surface area (Å²) in [5, 5.41) is 22.0. The maximum absolute atomic E-state index is 13.6. The van der Waals surface area contributed by atoms with Crippen molar-refractivity contribution in [2.24, 2.45) is 0 Å². The van der Waals surface area contributed by atoms with Gasteiger partial charge in [-0.25, -0.2) is 9.50 Å². The van der Waals surface area contributed by atoms with E-state index in [1.807, 2.05) is 0 Å². The van der Waals surface area contributed by atoms with Crippen molar-refractivity contribution in [2.75, 3.05) is 6.54 Å². The minimum absolute atomic E-state index is 0.0259. The molecular weight excluding hydrogens is 475 g/mol. The Balaban J connectivity index is 1.61. The van der Waals surface area contributed by atoms with E-state index in [1.54, 1.807) is 17.5 Å². The van der Waals surface area contributed by atoms with Crippen LogP contribution in [0.25, 0.3) is 16.2 Å². The number of aromatic nitrogens is 5. The zero-order chi connectivity index (χ0) is 23.0. The molecule has 32 heavy (non-hydrogen) atoms. The van der Waals surface area contributed by atoms with Gasteiger partial charge in [0.15, 0.2) is 17.0 Å². The van der Waals surface area contributed by atoms with Gasteiger partial charge >= 0.3 is 11.9 Å². The second kappa shape index (κ2) is 8.20. The fourth-order valence-corrected chi connectivity index (χ4v) is 3.76. The maximum atomic E-state index is 13.6. The molecule has 0 aliphatic heterocycles. The molecule has 0 radical (unpaired) electrons. The quantitative estimate of drug-likeness (QED) is 0.328. The van der Waals surface area contributed by atoms with E-state index in [0.29, 0.717) is 9.39 Å². The van der Waals surface area contributed by atoms with Gasteiger partial charge in [-0.05, 0) is 17.5 Å². The van der Waals surface area contributed by atoms with E-state index in [4.69, 9.17) is 11.6 Å². The zero-order valence-corrected chi connectivity index (χ0v) is 17.3. The lowest BCUT2D eigenvalue weighted by Crippen LogP contribution is -2.28. The number of carbonyl (C=O) groups excluding carboxylic acids is 1. The van der Waals surface area contributed by atoms with Crippen LogP contribution in [0.4, 0.5) is 18.9 Å². The summed E-state index contributed by atoms with van der Waals surface area (Å²) in [5.74, 6) is -0.826. The van der Waals surface area contributed by atoms with Crippen molar-refractivity contribution in [3.8, 4) is 10.6 Å². The molecular formula is C17H11ClF3N7O3S. The number of hydrogen-bond donors (Lipinski definition) is 1.